The van der Waals surface area contributed by atoms with Crippen molar-refractivity contribution in [1.29, 1.82) is 0 Å². The summed E-state index contributed by atoms with van der Waals surface area (Å²) in [4.78, 5) is 15.5. The lowest BCUT2D eigenvalue weighted by Gasteiger charge is -2.04. The molecule has 0 saturated heterocycles. The van der Waals surface area contributed by atoms with Gasteiger partial charge in [-0.3, -0.25) is 4.79 Å². The fraction of sp³-hybridized carbons (Fsp3) is 0.0667. The first-order valence-corrected chi connectivity index (χ1v) is 5.53. The molecule has 0 aliphatic rings. The summed E-state index contributed by atoms with van der Waals surface area (Å²) in [6.07, 6.45) is 0.893. The van der Waals surface area contributed by atoms with E-state index in [2.05, 4.69) is 11.1 Å². The molecule has 82 valence electrons. The normalized spacial score (nSPS) is 10.9. The van der Waals surface area contributed by atoms with E-state index in [1.807, 2.05) is 43.3 Å². The summed E-state index contributed by atoms with van der Waals surface area (Å²) < 4.78 is 0. The number of hydrogen-bond donors (Lipinski definition) is 0. The standard InChI is InChI=1S/C15H11NO/c1-10-6-15-12(8-13(10)9-17)7-11-4-2-3-5-14(11)16-15/h2-9H,1H3. The lowest BCUT2D eigenvalue weighted by Crippen LogP contribution is -1.89. The van der Waals surface area contributed by atoms with Gasteiger partial charge in [0.2, 0.25) is 0 Å². The van der Waals surface area contributed by atoms with Crippen molar-refractivity contribution in [3.63, 3.8) is 0 Å². The van der Waals surface area contributed by atoms with Crippen LogP contribution in [-0.2, 0) is 0 Å². The first kappa shape index (κ1) is 9.97. The topological polar surface area (TPSA) is 30.0 Å². The molecule has 0 aliphatic heterocycles. The van der Waals surface area contributed by atoms with E-state index in [9.17, 15) is 4.79 Å². The van der Waals surface area contributed by atoms with E-state index in [1.54, 1.807) is 0 Å². The van der Waals surface area contributed by atoms with Gasteiger partial charge in [-0.15, -0.1) is 0 Å². The van der Waals surface area contributed by atoms with Crippen molar-refractivity contribution in [2.24, 2.45) is 0 Å². The van der Waals surface area contributed by atoms with E-state index in [0.29, 0.717) is 0 Å². The fourth-order valence-electron chi connectivity index (χ4n) is 2.08. The Labute approximate surface area is 98.9 Å². The number of benzene rings is 2. The Hall–Kier alpha value is -2.22. The Bertz CT molecular complexity index is 731. The number of nitrogens with zero attached hydrogens (tertiary/aromatic N) is 1. The van der Waals surface area contributed by atoms with Crippen molar-refractivity contribution in [1.82, 2.24) is 4.98 Å². The molecule has 0 saturated carbocycles. The third-order valence-electron chi connectivity index (χ3n) is 3.03. The highest BCUT2D eigenvalue weighted by Crippen LogP contribution is 2.22. The molecule has 0 spiro atoms. The van der Waals surface area contributed by atoms with Gasteiger partial charge in [0.15, 0.2) is 0 Å². The van der Waals surface area contributed by atoms with E-state index < -0.39 is 0 Å². The second-order valence-corrected chi connectivity index (χ2v) is 4.20. The zero-order chi connectivity index (χ0) is 11.8. The highest BCUT2D eigenvalue weighted by atomic mass is 16.1. The minimum absolute atomic E-state index is 0.731. The number of hydrogen-bond acceptors (Lipinski definition) is 2. The second kappa shape index (κ2) is 3.67. The maximum atomic E-state index is 10.9. The molecule has 2 nitrogen and oxygen atoms in total. The number of fused-ring (bicyclic) bond motifs is 2. The van der Waals surface area contributed by atoms with Crippen molar-refractivity contribution in [2.45, 2.75) is 6.92 Å². The van der Waals surface area contributed by atoms with Crippen LogP contribution in [0.5, 0.6) is 0 Å². The van der Waals surface area contributed by atoms with Crippen LogP contribution in [0.4, 0.5) is 0 Å². The van der Waals surface area contributed by atoms with Gasteiger partial charge in [0.1, 0.15) is 6.29 Å². The van der Waals surface area contributed by atoms with Crippen LogP contribution in [-0.4, -0.2) is 11.3 Å². The largest absolute Gasteiger partial charge is 0.298 e. The van der Waals surface area contributed by atoms with Gasteiger partial charge in [-0.05, 0) is 36.8 Å². The van der Waals surface area contributed by atoms with Crippen LogP contribution < -0.4 is 0 Å². The van der Waals surface area contributed by atoms with Crippen LogP contribution >= 0.6 is 0 Å². The molecule has 0 amide bonds. The Morgan fingerprint density at radius 3 is 2.65 bits per heavy atom. The minimum Gasteiger partial charge on any atom is -0.298 e. The summed E-state index contributed by atoms with van der Waals surface area (Å²) in [5.41, 5.74) is 3.62. The van der Waals surface area contributed by atoms with Crippen molar-refractivity contribution >= 4 is 28.1 Å². The van der Waals surface area contributed by atoms with Crippen molar-refractivity contribution in [3.05, 3.63) is 53.6 Å². The molecule has 0 unspecified atom stereocenters. The fourth-order valence-corrected chi connectivity index (χ4v) is 2.08. The molecule has 3 aromatic rings. The number of aromatic nitrogens is 1. The molecule has 17 heavy (non-hydrogen) atoms. The van der Waals surface area contributed by atoms with Gasteiger partial charge in [-0.2, -0.15) is 0 Å². The molecule has 2 aromatic carbocycles. The lowest BCUT2D eigenvalue weighted by molar-refractivity contribution is 0.112. The third kappa shape index (κ3) is 1.58. The van der Waals surface area contributed by atoms with Gasteiger partial charge in [0.05, 0.1) is 11.0 Å². The summed E-state index contributed by atoms with van der Waals surface area (Å²) in [6, 6.07) is 13.9. The summed E-state index contributed by atoms with van der Waals surface area (Å²) in [6.45, 7) is 1.93. The Morgan fingerprint density at radius 2 is 1.82 bits per heavy atom. The number of pyridine rings is 1. The first-order chi connectivity index (χ1) is 8.28. The van der Waals surface area contributed by atoms with Crippen molar-refractivity contribution in [3.8, 4) is 0 Å². The monoisotopic (exact) mass is 221 g/mol. The van der Waals surface area contributed by atoms with Crippen LogP contribution in [0.15, 0.2) is 42.5 Å². The Kier molecular flexibility index (Phi) is 2.15. The quantitative estimate of drug-likeness (QED) is 0.465. The van der Waals surface area contributed by atoms with E-state index >= 15 is 0 Å². The number of carbonyl (C=O) groups excluding carboxylic acids is 1. The van der Waals surface area contributed by atoms with Crippen molar-refractivity contribution < 1.29 is 4.79 Å². The molecule has 1 heterocycles. The zero-order valence-corrected chi connectivity index (χ0v) is 9.47. The number of para-hydroxylation sites is 1. The number of rotatable bonds is 1. The molecule has 0 fully saturated rings. The van der Waals surface area contributed by atoms with E-state index in [-0.39, 0.29) is 0 Å². The molecule has 0 atom stereocenters. The van der Waals surface area contributed by atoms with E-state index in [1.165, 1.54) is 0 Å². The number of carbonyl (C=O) groups is 1. The predicted octanol–water partition coefficient (Wildman–Crippen LogP) is 3.51. The maximum absolute atomic E-state index is 10.9. The highest BCUT2D eigenvalue weighted by molar-refractivity contribution is 5.95. The predicted molar refractivity (Wildman–Crippen MR) is 69.4 cm³/mol. The third-order valence-corrected chi connectivity index (χ3v) is 3.03. The molecule has 0 N–H and O–H groups in total. The first-order valence-electron chi connectivity index (χ1n) is 5.53. The van der Waals surface area contributed by atoms with E-state index in [4.69, 9.17) is 0 Å². The molecule has 3 rings (SSSR count). The van der Waals surface area contributed by atoms with Gasteiger partial charge < -0.3 is 0 Å². The van der Waals surface area contributed by atoms with Crippen LogP contribution in [0.2, 0.25) is 0 Å². The average molecular weight is 221 g/mol. The summed E-state index contributed by atoms with van der Waals surface area (Å²) >= 11 is 0. The Morgan fingerprint density at radius 1 is 1.00 bits per heavy atom. The molecule has 0 bridgehead atoms. The second-order valence-electron chi connectivity index (χ2n) is 4.20. The van der Waals surface area contributed by atoms with Crippen LogP contribution in [0.25, 0.3) is 21.8 Å². The van der Waals surface area contributed by atoms with Crippen LogP contribution in [0.1, 0.15) is 15.9 Å². The van der Waals surface area contributed by atoms with Crippen molar-refractivity contribution in [2.75, 3.05) is 0 Å². The summed E-state index contributed by atoms with van der Waals surface area (Å²) in [5.74, 6) is 0. The molecular formula is C15H11NO. The van der Waals surface area contributed by atoms with Gasteiger partial charge >= 0.3 is 0 Å². The SMILES string of the molecule is Cc1cc2nc3ccccc3cc2cc1C=O. The van der Waals surface area contributed by atoms with Crippen LogP contribution in [0.3, 0.4) is 0 Å². The molecule has 1 aromatic heterocycles. The lowest BCUT2D eigenvalue weighted by atomic mass is 10.0. The smallest absolute Gasteiger partial charge is 0.150 e. The highest BCUT2D eigenvalue weighted by Gasteiger charge is 2.03. The summed E-state index contributed by atoms with van der Waals surface area (Å²) in [5, 5.41) is 2.11. The molecule has 0 aliphatic carbocycles. The molecule has 0 radical (unpaired) electrons. The van der Waals surface area contributed by atoms with Gasteiger partial charge in [0.25, 0.3) is 0 Å². The van der Waals surface area contributed by atoms with Gasteiger partial charge in [-0.25, -0.2) is 4.98 Å². The molecule has 2 heteroatoms. The number of aryl methyl sites for hydroxylation is 1. The average Bonchev–Trinajstić information content (AvgIpc) is 2.35. The van der Waals surface area contributed by atoms with Crippen LogP contribution in [0, 0.1) is 6.92 Å². The summed E-state index contributed by atoms with van der Waals surface area (Å²) in [7, 11) is 0. The minimum atomic E-state index is 0.731. The zero-order valence-electron chi connectivity index (χ0n) is 9.47. The van der Waals surface area contributed by atoms with E-state index in [0.717, 1.165) is 39.2 Å². The number of aldehydes is 1. The van der Waals surface area contributed by atoms with Gasteiger partial charge in [0, 0.05) is 16.3 Å². The molecular weight excluding hydrogens is 210 g/mol. The van der Waals surface area contributed by atoms with Gasteiger partial charge in [-0.1, -0.05) is 18.2 Å². The maximum Gasteiger partial charge on any atom is 0.150 e. The Balaban J connectivity index is 2.43.